The Labute approximate surface area is 163 Å². The summed E-state index contributed by atoms with van der Waals surface area (Å²) in [5.74, 6) is 0.412. The normalized spacial score (nSPS) is 24.1. The van der Waals surface area contributed by atoms with Crippen LogP contribution in [0.1, 0.15) is 42.7 Å². The predicted octanol–water partition coefficient (Wildman–Crippen LogP) is 3.48. The number of hydrogen-bond donors (Lipinski definition) is 0. The van der Waals surface area contributed by atoms with E-state index >= 15 is 0 Å². The molecule has 0 aromatic carbocycles. The van der Waals surface area contributed by atoms with Gasteiger partial charge in [0.05, 0.1) is 11.3 Å². The van der Waals surface area contributed by atoms with Crippen molar-refractivity contribution in [2.24, 2.45) is 5.92 Å². The standard InChI is InChI=1S/C21H25N3O2S/c25-20(24-11-7-21(8-12-24)6-1-13-26-21)16-2-3-18-17(14-16)23-19(27-18)15-4-9-22-10-5-15/h4-5,9-10,16H,1-3,6-8,11-14H2. The van der Waals surface area contributed by atoms with Gasteiger partial charge in [0.2, 0.25) is 5.91 Å². The third-order valence-electron chi connectivity index (χ3n) is 6.39. The lowest BCUT2D eigenvalue weighted by atomic mass is 9.86. The number of hydrogen-bond acceptors (Lipinski definition) is 5. The highest BCUT2D eigenvalue weighted by Gasteiger charge is 2.40. The summed E-state index contributed by atoms with van der Waals surface area (Å²) in [6.07, 6.45) is 10.6. The van der Waals surface area contributed by atoms with Crippen molar-refractivity contribution in [1.82, 2.24) is 14.9 Å². The number of nitrogens with zero attached hydrogens (tertiary/aromatic N) is 3. The number of aryl methyl sites for hydroxylation is 1. The van der Waals surface area contributed by atoms with Crippen LogP contribution in [0.3, 0.4) is 0 Å². The van der Waals surface area contributed by atoms with Gasteiger partial charge in [0, 0.05) is 54.9 Å². The zero-order valence-corrected chi connectivity index (χ0v) is 16.3. The molecule has 3 aliphatic rings. The molecule has 1 aliphatic carbocycles. The molecule has 2 aliphatic heterocycles. The van der Waals surface area contributed by atoms with Crippen molar-refractivity contribution in [2.45, 2.75) is 50.5 Å². The number of pyridine rings is 1. The van der Waals surface area contributed by atoms with Crippen molar-refractivity contribution < 1.29 is 9.53 Å². The third kappa shape index (κ3) is 3.29. The van der Waals surface area contributed by atoms with Gasteiger partial charge in [-0.25, -0.2) is 4.98 Å². The van der Waals surface area contributed by atoms with Crippen LogP contribution >= 0.6 is 11.3 Å². The highest BCUT2D eigenvalue weighted by molar-refractivity contribution is 7.15. The number of fused-ring (bicyclic) bond motifs is 1. The van der Waals surface area contributed by atoms with Gasteiger partial charge in [-0.3, -0.25) is 9.78 Å². The molecule has 6 heteroatoms. The lowest BCUT2D eigenvalue weighted by Crippen LogP contribution is -2.48. The highest BCUT2D eigenvalue weighted by atomic mass is 32.1. The van der Waals surface area contributed by atoms with Crippen molar-refractivity contribution >= 4 is 17.2 Å². The van der Waals surface area contributed by atoms with Gasteiger partial charge in [-0.2, -0.15) is 0 Å². The Hall–Kier alpha value is -1.79. The molecule has 2 aromatic rings. The summed E-state index contributed by atoms with van der Waals surface area (Å²) in [7, 11) is 0. The van der Waals surface area contributed by atoms with Gasteiger partial charge < -0.3 is 9.64 Å². The molecule has 2 saturated heterocycles. The predicted molar refractivity (Wildman–Crippen MR) is 105 cm³/mol. The summed E-state index contributed by atoms with van der Waals surface area (Å²) in [6, 6.07) is 4.00. The first kappa shape index (κ1) is 17.3. The summed E-state index contributed by atoms with van der Waals surface area (Å²) in [6.45, 7) is 2.59. The van der Waals surface area contributed by atoms with Gasteiger partial charge in [0.15, 0.2) is 0 Å². The van der Waals surface area contributed by atoms with Crippen molar-refractivity contribution in [3.05, 3.63) is 35.1 Å². The number of rotatable bonds is 2. The molecular formula is C21H25N3O2S. The molecule has 1 unspecified atom stereocenters. The Morgan fingerprint density at radius 1 is 1.22 bits per heavy atom. The van der Waals surface area contributed by atoms with Gasteiger partial charge in [-0.1, -0.05) is 0 Å². The lowest BCUT2D eigenvalue weighted by Gasteiger charge is -2.40. The fourth-order valence-corrected chi connectivity index (χ4v) is 5.86. The number of amides is 1. The average molecular weight is 384 g/mol. The van der Waals surface area contributed by atoms with Crippen LogP contribution in [0.15, 0.2) is 24.5 Å². The van der Waals surface area contributed by atoms with E-state index in [0.29, 0.717) is 5.91 Å². The summed E-state index contributed by atoms with van der Waals surface area (Å²) in [5, 5.41) is 1.05. The summed E-state index contributed by atoms with van der Waals surface area (Å²) < 4.78 is 6.00. The van der Waals surface area contributed by atoms with Gasteiger partial charge in [-0.15, -0.1) is 11.3 Å². The van der Waals surface area contributed by atoms with Crippen LogP contribution in [-0.4, -0.2) is 46.1 Å². The molecule has 0 saturated carbocycles. The second-order valence-corrected chi connectivity index (χ2v) is 9.11. The van der Waals surface area contributed by atoms with E-state index in [-0.39, 0.29) is 11.5 Å². The zero-order valence-electron chi connectivity index (χ0n) is 15.5. The van der Waals surface area contributed by atoms with Crippen molar-refractivity contribution in [1.29, 1.82) is 0 Å². The first-order chi connectivity index (χ1) is 13.2. The van der Waals surface area contributed by atoms with Crippen LogP contribution in [0.5, 0.6) is 0 Å². The van der Waals surface area contributed by atoms with E-state index in [9.17, 15) is 4.79 Å². The number of carbonyl (C=O) groups excluding carboxylic acids is 1. The Balaban J connectivity index is 1.25. The SMILES string of the molecule is O=C(C1CCc2sc(-c3ccncc3)nc2C1)N1CCC2(CCCO2)CC1. The highest BCUT2D eigenvalue weighted by Crippen LogP contribution is 2.38. The minimum absolute atomic E-state index is 0.0743. The van der Waals surface area contributed by atoms with E-state index < -0.39 is 0 Å². The van der Waals surface area contributed by atoms with Crippen LogP contribution in [0.2, 0.25) is 0 Å². The minimum Gasteiger partial charge on any atom is -0.375 e. The molecule has 1 spiro atoms. The maximum absolute atomic E-state index is 13.1. The average Bonchev–Trinajstić information content (AvgIpc) is 3.35. The molecule has 2 fully saturated rings. The first-order valence-corrected chi connectivity index (χ1v) is 10.9. The molecule has 0 bridgehead atoms. The Morgan fingerprint density at radius 3 is 2.78 bits per heavy atom. The molecule has 4 heterocycles. The maximum atomic E-state index is 13.1. The molecule has 2 aromatic heterocycles. The molecular weight excluding hydrogens is 358 g/mol. The quantitative estimate of drug-likeness (QED) is 0.797. The van der Waals surface area contributed by atoms with E-state index in [0.717, 1.165) is 68.1 Å². The second-order valence-electron chi connectivity index (χ2n) is 8.02. The molecule has 1 amide bonds. The summed E-state index contributed by atoms with van der Waals surface area (Å²) in [4.78, 5) is 25.5. The Morgan fingerprint density at radius 2 is 2.04 bits per heavy atom. The number of likely N-dealkylation sites (tertiary alicyclic amines) is 1. The molecule has 1 atom stereocenters. The van der Waals surface area contributed by atoms with E-state index in [2.05, 4.69) is 9.88 Å². The molecule has 0 radical (unpaired) electrons. The Kier molecular flexibility index (Phi) is 4.48. The van der Waals surface area contributed by atoms with Gasteiger partial charge in [0.25, 0.3) is 0 Å². The monoisotopic (exact) mass is 383 g/mol. The molecule has 5 nitrogen and oxygen atoms in total. The maximum Gasteiger partial charge on any atom is 0.226 e. The van der Waals surface area contributed by atoms with Gasteiger partial charge in [-0.05, 0) is 50.7 Å². The second kappa shape index (κ2) is 6.99. The molecule has 0 N–H and O–H groups in total. The fourth-order valence-electron chi connectivity index (χ4n) is 4.75. The Bertz CT molecular complexity index is 819. The van der Waals surface area contributed by atoms with Crippen LogP contribution in [-0.2, 0) is 22.4 Å². The molecule has 27 heavy (non-hydrogen) atoms. The summed E-state index contributed by atoms with van der Waals surface area (Å²) in [5.41, 5.74) is 2.32. The van der Waals surface area contributed by atoms with Crippen molar-refractivity contribution in [3.8, 4) is 10.6 Å². The minimum atomic E-state index is 0.0743. The van der Waals surface area contributed by atoms with Crippen LogP contribution in [0, 0.1) is 5.92 Å². The summed E-state index contributed by atoms with van der Waals surface area (Å²) >= 11 is 1.77. The number of ether oxygens (including phenoxy) is 1. The number of aromatic nitrogens is 2. The smallest absolute Gasteiger partial charge is 0.226 e. The van der Waals surface area contributed by atoms with Crippen LogP contribution < -0.4 is 0 Å². The topological polar surface area (TPSA) is 55.3 Å². The van der Waals surface area contributed by atoms with Crippen LogP contribution in [0.25, 0.3) is 10.6 Å². The number of piperidine rings is 1. The van der Waals surface area contributed by atoms with E-state index in [1.165, 1.54) is 17.7 Å². The van der Waals surface area contributed by atoms with Crippen molar-refractivity contribution in [3.63, 3.8) is 0 Å². The lowest BCUT2D eigenvalue weighted by molar-refractivity contribution is -0.140. The van der Waals surface area contributed by atoms with E-state index in [1.807, 2.05) is 12.1 Å². The van der Waals surface area contributed by atoms with Gasteiger partial charge in [0.1, 0.15) is 5.01 Å². The molecule has 142 valence electrons. The van der Waals surface area contributed by atoms with E-state index in [1.54, 1.807) is 23.7 Å². The number of thiazole rings is 1. The largest absolute Gasteiger partial charge is 0.375 e. The molecule has 5 rings (SSSR count). The van der Waals surface area contributed by atoms with Crippen molar-refractivity contribution in [2.75, 3.05) is 19.7 Å². The fraction of sp³-hybridized carbons (Fsp3) is 0.571. The first-order valence-electron chi connectivity index (χ1n) is 10.0. The van der Waals surface area contributed by atoms with E-state index in [4.69, 9.17) is 9.72 Å². The third-order valence-corrected chi connectivity index (χ3v) is 7.59. The van der Waals surface area contributed by atoms with Crippen LogP contribution in [0.4, 0.5) is 0 Å². The zero-order chi connectivity index (χ0) is 18.3. The number of carbonyl (C=O) groups is 1. The van der Waals surface area contributed by atoms with Gasteiger partial charge >= 0.3 is 0 Å².